The van der Waals surface area contributed by atoms with Crippen molar-refractivity contribution in [3.8, 4) is 0 Å². The Balaban J connectivity index is 1.40. The summed E-state index contributed by atoms with van der Waals surface area (Å²) in [6.45, 7) is 5.65. The second-order valence-corrected chi connectivity index (χ2v) is 7.33. The highest BCUT2D eigenvalue weighted by atomic mass is 16.5. The maximum absolute atomic E-state index is 12.3. The predicted molar refractivity (Wildman–Crippen MR) is 101 cm³/mol. The molecule has 136 valence electrons. The van der Waals surface area contributed by atoms with E-state index in [0.29, 0.717) is 6.54 Å². The van der Waals surface area contributed by atoms with Crippen LogP contribution in [0.25, 0.3) is 0 Å². The first-order chi connectivity index (χ1) is 12.6. The quantitative estimate of drug-likeness (QED) is 0.853. The summed E-state index contributed by atoms with van der Waals surface area (Å²) in [5.41, 5.74) is 2.92. The van der Waals surface area contributed by atoms with E-state index in [1.807, 2.05) is 48.2 Å². The van der Waals surface area contributed by atoms with Crippen LogP contribution in [0, 0.1) is 6.92 Å². The van der Waals surface area contributed by atoms with Crippen molar-refractivity contribution < 1.29 is 9.53 Å². The number of aromatic nitrogens is 1. The van der Waals surface area contributed by atoms with Gasteiger partial charge in [-0.25, -0.2) is 0 Å². The first kappa shape index (κ1) is 17.2. The number of piperidine rings is 1. The lowest BCUT2D eigenvalue weighted by molar-refractivity contribution is -0.145. The first-order valence-electron chi connectivity index (χ1n) is 9.28. The molecule has 0 aliphatic carbocycles. The zero-order valence-electron chi connectivity index (χ0n) is 15.2. The average Bonchev–Trinajstić information content (AvgIpc) is 2.67. The number of carbonyl (C=O) groups is 1. The number of carbonyl (C=O) groups excluding carboxylic acids is 1. The molecule has 0 atom stereocenters. The van der Waals surface area contributed by atoms with E-state index in [9.17, 15) is 4.79 Å². The number of para-hydroxylation sites is 1. The molecule has 1 amide bonds. The summed E-state index contributed by atoms with van der Waals surface area (Å²) in [7, 11) is 0. The van der Waals surface area contributed by atoms with E-state index in [-0.39, 0.29) is 18.1 Å². The van der Waals surface area contributed by atoms with Crippen molar-refractivity contribution >= 4 is 11.6 Å². The van der Waals surface area contributed by atoms with E-state index in [1.54, 1.807) is 0 Å². The van der Waals surface area contributed by atoms with Gasteiger partial charge in [0, 0.05) is 31.0 Å². The van der Waals surface area contributed by atoms with E-state index >= 15 is 0 Å². The molecule has 5 heteroatoms. The van der Waals surface area contributed by atoms with E-state index in [4.69, 9.17) is 4.74 Å². The molecule has 4 rings (SSSR count). The summed E-state index contributed by atoms with van der Waals surface area (Å²) in [5.74, 6) is 0.0493. The van der Waals surface area contributed by atoms with Crippen LogP contribution in [0.1, 0.15) is 24.2 Å². The molecule has 3 heterocycles. The van der Waals surface area contributed by atoms with Gasteiger partial charge in [-0.2, -0.15) is 0 Å². The zero-order valence-corrected chi connectivity index (χ0v) is 15.2. The summed E-state index contributed by atoms with van der Waals surface area (Å²) in [4.78, 5) is 21.3. The minimum atomic E-state index is -0.222. The predicted octanol–water partition coefficient (Wildman–Crippen LogP) is 2.79. The lowest BCUT2D eigenvalue weighted by Crippen LogP contribution is -2.58. The monoisotopic (exact) mass is 351 g/mol. The summed E-state index contributed by atoms with van der Waals surface area (Å²) < 4.78 is 6.05. The van der Waals surface area contributed by atoms with Crippen molar-refractivity contribution in [3.63, 3.8) is 0 Å². The highest BCUT2D eigenvalue weighted by molar-refractivity contribution is 5.95. The maximum atomic E-state index is 12.3. The molecular weight excluding hydrogens is 326 g/mol. The molecule has 2 aliphatic heterocycles. The summed E-state index contributed by atoms with van der Waals surface area (Å²) >= 11 is 0. The fourth-order valence-electron chi connectivity index (χ4n) is 3.90. The minimum absolute atomic E-state index is 0.0493. The van der Waals surface area contributed by atoms with Crippen LogP contribution in [-0.2, 0) is 16.1 Å². The number of hydrogen-bond donors (Lipinski definition) is 0. The van der Waals surface area contributed by atoms with Gasteiger partial charge < -0.3 is 9.64 Å². The number of amides is 1. The molecule has 0 bridgehead atoms. The molecule has 26 heavy (non-hydrogen) atoms. The molecule has 0 N–H and O–H groups in total. The Morgan fingerprint density at radius 2 is 1.85 bits per heavy atom. The molecular formula is C21H25N3O2. The summed E-state index contributed by atoms with van der Waals surface area (Å²) in [5, 5.41) is 0. The van der Waals surface area contributed by atoms with Gasteiger partial charge in [0.05, 0.1) is 17.8 Å². The van der Waals surface area contributed by atoms with Crippen molar-refractivity contribution in [3.05, 3.63) is 59.9 Å². The number of aryl methyl sites for hydroxylation is 1. The Labute approximate surface area is 154 Å². The lowest BCUT2D eigenvalue weighted by atomic mass is 9.89. The van der Waals surface area contributed by atoms with Gasteiger partial charge in [0.15, 0.2) is 0 Å². The van der Waals surface area contributed by atoms with E-state index in [2.05, 4.69) is 22.0 Å². The maximum Gasteiger partial charge on any atom is 0.253 e. The van der Waals surface area contributed by atoms with Crippen molar-refractivity contribution in [2.75, 3.05) is 31.1 Å². The number of hydrogen-bond acceptors (Lipinski definition) is 4. The van der Waals surface area contributed by atoms with Crippen LogP contribution >= 0.6 is 0 Å². The van der Waals surface area contributed by atoms with Gasteiger partial charge in [-0.15, -0.1) is 0 Å². The lowest BCUT2D eigenvalue weighted by Gasteiger charge is -2.47. The molecule has 0 radical (unpaired) electrons. The Hall–Kier alpha value is -2.24. The number of benzene rings is 1. The van der Waals surface area contributed by atoms with Crippen molar-refractivity contribution in [1.82, 2.24) is 9.88 Å². The topological polar surface area (TPSA) is 45.7 Å². The molecule has 5 nitrogen and oxygen atoms in total. The van der Waals surface area contributed by atoms with Crippen LogP contribution in [0.4, 0.5) is 5.69 Å². The number of anilines is 1. The van der Waals surface area contributed by atoms with Crippen molar-refractivity contribution in [2.24, 2.45) is 0 Å². The first-order valence-corrected chi connectivity index (χ1v) is 9.28. The number of rotatable bonds is 3. The third kappa shape index (κ3) is 3.64. The van der Waals surface area contributed by atoms with Gasteiger partial charge in [0.1, 0.15) is 6.61 Å². The molecule has 1 spiro atoms. The van der Waals surface area contributed by atoms with Gasteiger partial charge >= 0.3 is 0 Å². The third-order valence-corrected chi connectivity index (χ3v) is 5.42. The molecule has 2 fully saturated rings. The number of nitrogens with zero attached hydrogens (tertiary/aromatic N) is 3. The molecule has 2 aromatic rings. The molecule has 1 aromatic carbocycles. The van der Waals surface area contributed by atoms with E-state index < -0.39 is 0 Å². The Kier molecular flexibility index (Phi) is 4.74. The number of pyridine rings is 1. The van der Waals surface area contributed by atoms with Crippen LogP contribution in [0.5, 0.6) is 0 Å². The largest absolute Gasteiger partial charge is 0.363 e. The van der Waals surface area contributed by atoms with E-state index in [1.165, 1.54) is 0 Å². The fraction of sp³-hybridized carbons (Fsp3) is 0.429. The van der Waals surface area contributed by atoms with Gasteiger partial charge in [-0.05, 0) is 44.0 Å². The van der Waals surface area contributed by atoms with Crippen LogP contribution < -0.4 is 4.90 Å². The highest BCUT2D eigenvalue weighted by Crippen LogP contribution is 2.33. The fourth-order valence-corrected chi connectivity index (χ4v) is 3.90. The Morgan fingerprint density at radius 3 is 2.58 bits per heavy atom. The van der Waals surface area contributed by atoms with Crippen LogP contribution in [0.15, 0.2) is 48.5 Å². The second-order valence-electron chi connectivity index (χ2n) is 7.33. The van der Waals surface area contributed by atoms with Crippen molar-refractivity contribution in [2.45, 2.75) is 31.9 Å². The normalized spacial score (nSPS) is 20.5. The van der Waals surface area contributed by atoms with Gasteiger partial charge in [-0.3, -0.25) is 14.7 Å². The molecule has 2 aliphatic rings. The van der Waals surface area contributed by atoms with Crippen molar-refractivity contribution in [1.29, 1.82) is 0 Å². The number of ether oxygens (including phenoxy) is 1. The summed E-state index contributed by atoms with van der Waals surface area (Å²) in [6.07, 6.45) is 1.88. The molecule has 1 aromatic heterocycles. The summed E-state index contributed by atoms with van der Waals surface area (Å²) in [6, 6.07) is 16.1. The molecule has 0 saturated carbocycles. The van der Waals surface area contributed by atoms with Crippen LogP contribution in [0.3, 0.4) is 0 Å². The van der Waals surface area contributed by atoms with Gasteiger partial charge in [0.25, 0.3) is 5.91 Å². The molecule has 0 unspecified atom stereocenters. The van der Waals surface area contributed by atoms with Crippen LogP contribution in [-0.4, -0.2) is 47.6 Å². The third-order valence-electron chi connectivity index (χ3n) is 5.42. The Morgan fingerprint density at radius 1 is 1.08 bits per heavy atom. The van der Waals surface area contributed by atoms with Gasteiger partial charge in [-0.1, -0.05) is 24.3 Å². The minimum Gasteiger partial charge on any atom is -0.363 e. The smallest absolute Gasteiger partial charge is 0.253 e. The number of likely N-dealkylation sites (tertiary alicyclic amines) is 1. The van der Waals surface area contributed by atoms with Crippen LogP contribution in [0.2, 0.25) is 0 Å². The molecule has 2 saturated heterocycles. The highest BCUT2D eigenvalue weighted by Gasteiger charge is 2.42. The average molecular weight is 351 g/mol. The van der Waals surface area contributed by atoms with Gasteiger partial charge in [0.2, 0.25) is 0 Å². The second kappa shape index (κ2) is 7.17. The Bertz CT molecular complexity index is 770. The standard InChI is InChI=1S/C21H25N3O2/c1-17-6-5-7-18(22-17)14-23-12-10-21(11-13-23)16-24(20(25)15-26-21)19-8-3-2-4-9-19/h2-9H,10-16H2,1H3. The number of morpholine rings is 1. The SMILES string of the molecule is Cc1cccc(CN2CCC3(CC2)CN(c2ccccc2)C(=O)CO3)n1. The van der Waals surface area contributed by atoms with E-state index in [0.717, 1.165) is 49.6 Å². The zero-order chi connectivity index (χ0) is 18.0.